The lowest BCUT2D eigenvalue weighted by molar-refractivity contribution is -0.129. The van der Waals surface area contributed by atoms with E-state index in [1.54, 1.807) is 12.1 Å². The first-order valence-electron chi connectivity index (χ1n) is 11.0. The lowest BCUT2D eigenvalue weighted by atomic mass is 10.3. The molecule has 0 aliphatic heterocycles. The molecule has 3 aromatic rings. The number of fused-ring (bicyclic) bond motifs is 1. The number of hydrogen-bond donors (Lipinski definition) is 3. The number of carbonyl (C=O) groups is 2. The summed E-state index contributed by atoms with van der Waals surface area (Å²) < 4.78 is 36.8. The van der Waals surface area contributed by atoms with Crippen LogP contribution in [-0.4, -0.2) is 62.5 Å². The number of benzene rings is 2. The van der Waals surface area contributed by atoms with Crippen molar-refractivity contribution in [3.8, 4) is 5.75 Å². The van der Waals surface area contributed by atoms with E-state index >= 15 is 0 Å². The summed E-state index contributed by atoms with van der Waals surface area (Å²) in [7, 11) is -3.46. The van der Waals surface area contributed by atoms with Gasteiger partial charge < -0.3 is 14.8 Å². The molecule has 0 radical (unpaired) electrons. The van der Waals surface area contributed by atoms with E-state index in [2.05, 4.69) is 10.3 Å². The van der Waals surface area contributed by atoms with E-state index in [0.29, 0.717) is 30.2 Å². The zero-order valence-corrected chi connectivity index (χ0v) is 20.6. The van der Waals surface area contributed by atoms with Gasteiger partial charge >= 0.3 is 0 Å². The maximum Gasteiger partial charge on any atom is 0.280 e. The molecule has 2 aromatic carbocycles. The molecule has 2 amide bonds. The summed E-state index contributed by atoms with van der Waals surface area (Å²) in [5.41, 5.74) is 2.32. The van der Waals surface area contributed by atoms with Crippen molar-refractivity contribution in [2.24, 2.45) is 0 Å². The molecule has 1 aromatic heterocycles. The number of rotatable bonds is 14. The second kappa shape index (κ2) is 13.1. The molecule has 35 heavy (non-hydrogen) atoms. The minimum Gasteiger partial charge on any atom is -0.492 e. The third-order valence-corrected chi connectivity index (χ3v) is 7.70. The number of hydroxylamine groups is 1. The predicted molar refractivity (Wildman–Crippen MR) is 131 cm³/mol. The number of para-hydroxylation sites is 1. The molecule has 0 aliphatic rings. The Morgan fingerprint density at radius 1 is 1.00 bits per heavy atom. The normalized spacial score (nSPS) is 11.3. The Morgan fingerprint density at radius 3 is 2.49 bits per heavy atom. The number of nitrogens with zero attached hydrogens (tertiary/aromatic N) is 1. The third kappa shape index (κ3) is 8.28. The fraction of sp³-hybridized carbons (Fsp3) is 0.348. The van der Waals surface area contributed by atoms with Gasteiger partial charge in [0.25, 0.3) is 5.91 Å². The van der Waals surface area contributed by atoms with Crippen LogP contribution in [-0.2, 0) is 19.4 Å². The maximum absolute atomic E-state index is 12.5. The molecule has 0 atom stereocenters. The van der Waals surface area contributed by atoms with Crippen molar-refractivity contribution in [1.29, 1.82) is 0 Å². The average molecular weight is 522 g/mol. The monoisotopic (exact) mass is 521 g/mol. The highest BCUT2D eigenvalue weighted by molar-refractivity contribution is 7.91. The Kier molecular flexibility index (Phi) is 9.97. The van der Waals surface area contributed by atoms with Crippen LogP contribution in [0, 0.1) is 0 Å². The molecule has 10 nitrogen and oxygen atoms in total. The highest BCUT2D eigenvalue weighted by Gasteiger charge is 2.15. The van der Waals surface area contributed by atoms with Crippen LogP contribution in [0.25, 0.3) is 10.2 Å². The SMILES string of the molecule is O=C(CCCOCCCS(=O)(=O)c1ccc(OCCNC(=O)c2nc3ccccc3s2)cc1)NO. The van der Waals surface area contributed by atoms with Crippen molar-refractivity contribution in [2.75, 3.05) is 32.1 Å². The molecule has 0 spiro atoms. The molecule has 0 bridgehead atoms. The fourth-order valence-electron chi connectivity index (χ4n) is 3.08. The summed E-state index contributed by atoms with van der Waals surface area (Å²) in [4.78, 5) is 27.6. The van der Waals surface area contributed by atoms with E-state index < -0.39 is 15.7 Å². The Morgan fingerprint density at radius 2 is 1.74 bits per heavy atom. The summed E-state index contributed by atoms with van der Waals surface area (Å²) in [6.07, 6.45) is 0.895. The van der Waals surface area contributed by atoms with E-state index in [9.17, 15) is 18.0 Å². The Bertz CT molecular complexity index is 1190. The molecule has 0 fully saturated rings. The standard InChI is InChI=1S/C23H27N3O7S2/c27-21(26-29)7-3-13-32-14-4-16-35(30,31)18-10-8-17(9-11-18)33-15-12-24-22(28)23-25-19-5-1-2-6-20(19)34-23/h1-2,5-6,8-11,29H,3-4,7,12-16H2,(H,24,28)(H,26,27). The number of hydrogen-bond acceptors (Lipinski definition) is 9. The van der Waals surface area contributed by atoms with Crippen LogP contribution >= 0.6 is 11.3 Å². The third-order valence-electron chi connectivity index (χ3n) is 4.85. The lowest BCUT2D eigenvalue weighted by Gasteiger charge is -2.09. The molecule has 0 saturated carbocycles. The zero-order valence-electron chi connectivity index (χ0n) is 18.9. The van der Waals surface area contributed by atoms with Crippen molar-refractivity contribution in [2.45, 2.75) is 24.2 Å². The Balaban J connectivity index is 1.35. The molecular weight excluding hydrogens is 494 g/mol. The molecule has 0 saturated heterocycles. The number of aromatic nitrogens is 1. The number of sulfone groups is 1. The molecule has 1 heterocycles. The smallest absolute Gasteiger partial charge is 0.280 e. The first kappa shape index (κ1) is 26.5. The summed E-state index contributed by atoms with van der Waals surface area (Å²) in [5, 5.41) is 11.5. The van der Waals surface area contributed by atoms with Crippen molar-refractivity contribution >= 4 is 43.2 Å². The summed E-state index contributed by atoms with van der Waals surface area (Å²) in [6, 6.07) is 13.7. The van der Waals surface area contributed by atoms with Crippen molar-refractivity contribution in [1.82, 2.24) is 15.8 Å². The highest BCUT2D eigenvalue weighted by Crippen LogP contribution is 2.21. The number of ether oxygens (including phenoxy) is 2. The van der Waals surface area contributed by atoms with Gasteiger partial charge in [0.2, 0.25) is 5.91 Å². The fourth-order valence-corrected chi connectivity index (χ4v) is 5.25. The van der Waals surface area contributed by atoms with Gasteiger partial charge in [-0.05, 0) is 49.2 Å². The number of nitrogens with one attached hydrogen (secondary N) is 2. The van der Waals surface area contributed by atoms with Gasteiger partial charge in [-0.2, -0.15) is 0 Å². The molecular formula is C23H27N3O7S2. The molecule has 0 aliphatic carbocycles. The van der Waals surface area contributed by atoms with Crippen LogP contribution in [0.5, 0.6) is 5.75 Å². The van der Waals surface area contributed by atoms with Crippen molar-refractivity contribution in [3.05, 3.63) is 53.5 Å². The van der Waals surface area contributed by atoms with Crippen LogP contribution in [0.3, 0.4) is 0 Å². The number of carbonyl (C=O) groups excluding carboxylic acids is 2. The van der Waals surface area contributed by atoms with E-state index in [-0.39, 0.29) is 42.7 Å². The number of thiazole rings is 1. The van der Waals surface area contributed by atoms with Gasteiger partial charge in [0.15, 0.2) is 14.8 Å². The second-order valence-corrected chi connectivity index (χ2v) is 10.6. The van der Waals surface area contributed by atoms with Gasteiger partial charge in [-0.3, -0.25) is 14.8 Å². The van der Waals surface area contributed by atoms with E-state index in [1.165, 1.54) is 28.9 Å². The van der Waals surface area contributed by atoms with Crippen LogP contribution < -0.4 is 15.5 Å². The van der Waals surface area contributed by atoms with Crippen molar-refractivity contribution < 1.29 is 32.7 Å². The topological polar surface area (TPSA) is 144 Å². The first-order chi connectivity index (χ1) is 16.9. The van der Waals surface area contributed by atoms with E-state index in [4.69, 9.17) is 14.7 Å². The quantitative estimate of drug-likeness (QED) is 0.167. The average Bonchev–Trinajstić information content (AvgIpc) is 3.30. The summed E-state index contributed by atoms with van der Waals surface area (Å²) >= 11 is 1.32. The second-order valence-electron chi connectivity index (χ2n) is 7.49. The van der Waals surface area contributed by atoms with Gasteiger partial charge in [-0.25, -0.2) is 18.9 Å². The van der Waals surface area contributed by atoms with Gasteiger partial charge in [0.05, 0.1) is 27.4 Å². The summed E-state index contributed by atoms with van der Waals surface area (Å²) in [5.74, 6) is -0.329. The predicted octanol–water partition coefficient (Wildman–Crippen LogP) is 2.57. The largest absolute Gasteiger partial charge is 0.492 e. The minimum atomic E-state index is -3.46. The van der Waals surface area contributed by atoms with Crippen LogP contribution in [0.2, 0.25) is 0 Å². The molecule has 3 rings (SSSR count). The minimum absolute atomic E-state index is 0.0673. The first-order valence-corrected chi connectivity index (χ1v) is 13.5. The molecule has 188 valence electrons. The van der Waals surface area contributed by atoms with Crippen molar-refractivity contribution in [3.63, 3.8) is 0 Å². The Hall–Kier alpha value is -3.06. The van der Waals surface area contributed by atoms with E-state index in [1.807, 2.05) is 24.3 Å². The van der Waals surface area contributed by atoms with Gasteiger partial charge in [0.1, 0.15) is 12.4 Å². The number of amides is 2. The highest BCUT2D eigenvalue weighted by atomic mass is 32.2. The van der Waals surface area contributed by atoms with Crippen LogP contribution in [0.1, 0.15) is 29.1 Å². The molecule has 0 unspecified atom stereocenters. The van der Waals surface area contributed by atoms with Gasteiger partial charge in [-0.1, -0.05) is 12.1 Å². The van der Waals surface area contributed by atoms with Gasteiger partial charge in [0, 0.05) is 19.6 Å². The molecule has 12 heteroatoms. The zero-order chi connectivity index (χ0) is 25.1. The van der Waals surface area contributed by atoms with Gasteiger partial charge in [-0.15, -0.1) is 11.3 Å². The van der Waals surface area contributed by atoms with Crippen LogP contribution in [0.15, 0.2) is 53.4 Å². The van der Waals surface area contributed by atoms with E-state index in [0.717, 1.165) is 10.2 Å². The maximum atomic E-state index is 12.5. The molecule has 3 N–H and O–H groups in total. The lowest BCUT2D eigenvalue weighted by Crippen LogP contribution is -2.27. The van der Waals surface area contributed by atoms with Crippen LogP contribution in [0.4, 0.5) is 0 Å². The summed E-state index contributed by atoms with van der Waals surface area (Å²) in [6.45, 7) is 1.06. The Labute approximate surface area is 207 Å².